The van der Waals surface area contributed by atoms with Crippen LogP contribution in [0.25, 0.3) is 0 Å². The fourth-order valence-corrected chi connectivity index (χ4v) is 2.98. The van der Waals surface area contributed by atoms with Gasteiger partial charge in [0.15, 0.2) is 0 Å². The molecule has 1 aromatic carbocycles. The van der Waals surface area contributed by atoms with Gasteiger partial charge in [0.1, 0.15) is 11.5 Å². The van der Waals surface area contributed by atoms with Crippen molar-refractivity contribution in [2.75, 3.05) is 32.8 Å². The maximum absolute atomic E-state index is 8.86. The third kappa shape index (κ3) is 4.24. The molecule has 2 aromatic rings. The van der Waals surface area contributed by atoms with Crippen LogP contribution in [-0.4, -0.2) is 37.7 Å². The monoisotopic (exact) mass is 325 g/mol. The van der Waals surface area contributed by atoms with Gasteiger partial charge in [-0.05, 0) is 36.8 Å². The van der Waals surface area contributed by atoms with Gasteiger partial charge in [-0.1, -0.05) is 12.1 Å². The molecule has 0 aliphatic carbocycles. The minimum atomic E-state index is 0.209. The number of rotatable bonds is 6. The van der Waals surface area contributed by atoms with Crippen molar-refractivity contribution in [3.8, 4) is 6.07 Å². The molecule has 2 heterocycles. The second kappa shape index (κ2) is 8.11. The van der Waals surface area contributed by atoms with E-state index in [4.69, 9.17) is 14.4 Å². The van der Waals surface area contributed by atoms with Gasteiger partial charge in [-0.3, -0.25) is 4.90 Å². The fourth-order valence-electron chi connectivity index (χ4n) is 2.98. The van der Waals surface area contributed by atoms with Crippen LogP contribution < -0.4 is 5.32 Å². The quantitative estimate of drug-likeness (QED) is 0.884. The third-order valence-electron chi connectivity index (χ3n) is 4.33. The van der Waals surface area contributed by atoms with Crippen LogP contribution >= 0.6 is 0 Å². The first-order valence-electron chi connectivity index (χ1n) is 8.34. The van der Waals surface area contributed by atoms with Crippen molar-refractivity contribution in [2.45, 2.75) is 19.5 Å². The van der Waals surface area contributed by atoms with Crippen molar-refractivity contribution >= 4 is 0 Å². The molecule has 5 nitrogen and oxygen atoms in total. The fraction of sp³-hybridized carbons (Fsp3) is 0.421. The summed E-state index contributed by atoms with van der Waals surface area (Å²) in [7, 11) is 0. The van der Waals surface area contributed by atoms with Gasteiger partial charge in [0.05, 0.1) is 30.9 Å². The number of nitrogens with one attached hydrogen (secondary N) is 1. The molecule has 3 rings (SSSR count). The predicted molar refractivity (Wildman–Crippen MR) is 91.4 cm³/mol. The van der Waals surface area contributed by atoms with Crippen molar-refractivity contribution in [3.05, 3.63) is 59.0 Å². The first-order chi connectivity index (χ1) is 11.8. The summed E-state index contributed by atoms with van der Waals surface area (Å²) in [6.45, 7) is 6.94. The first-order valence-corrected chi connectivity index (χ1v) is 8.34. The van der Waals surface area contributed by atoms with E-state index in [2.05, 4.69) is 22.4 Å². The van der Waals surface area contributed by atoms with Crippen LogP contribution in [0, 0.1) is 18.3 Å². The predicted octanol–water partition coefficient (Wildman–Crippen LogP) is 2.62. The van der Waals surface area contributed by atoms with E-state index in [1.807, 2.05) is 37.3 Å². The second-order valence-corrected chi connectivity index (χ2v) is 6.05. The minimum absolute atomic E-state index is 0.209. The highest BCUT2D eigenvalue weighted by Gasteiger charge is 2.24. The molecular weight excluding hydrogens is 302 g/mol. The van der Waals surface area contributed by atoms with Crippen molar-refractivity contribution in [1.29, 1.82) is 5.26 Å². The zero-order valence-corrected chi connectivity index (χ0v) is 14.0. The molecule has 24 heavy (non-hydrogen) atoms. The number of benzene rings is 1. The number of hydrogen-bond acceptors (Lipinski definition) is 5. The van der Waals surface area contributed by atoms with E-state index >= 15 is 0 Å². The summed E-state index contributed by atoms with van der Waals surface area (Å²) in [4.78, 5) is 2.41. The summed E-state index contributed by atoms with van der Waals surface area (Å²) in [6, 6.07) is 14.1. The van der Waals surface area contributed by atoms with E-state index < -0.39 is 0 Å². The van der Waals surface area contributed by atoms with Crippen LogP contribution in [0.4, 0.5) is 0 Å². The summed E-state index contributed by atoms with van der Waals surface area (Å²) in [5.74, 6) is 1.94. The molecule has 126 valence electrons. The molecule has 1 fully saturated rings. The Morgan fingerprint density at radius 3 is 2.54 bits per heavy atom. The molecule has 1 aromatic heterocycles. The van der Waals surface area contributed by atoms with Gasteiger partial charge in [0.25, 0.3) is 0 Å². The molecule has 0 radical (unpaired) electrons. The molecule has 0 amide bonds. The van der Waals surface area contributed by atoms with Crippen molar-refractivity contribution < 1.29 is 9.15 Å². The summed E-state index contributed by atoms with van der Waals surface area (Å²) in [6.07, 6.45) is 0. The van der Waals surface area contributed by atoms with Gasteiger partial charge in [0, 0.05) is 26.2 Å². The first kappa shape index (κ1) is 16.7. The Kier molecular flexibility index (Phi) is 5.65. The lowest BCUT2D eigenvalue weighted by molar-refractivity contribution is 0.0115. The average molecular weight is 325 g/mol. The van der Waals surface area contributed by atoms with Gasteiger partial charge in [0.2, 0.25) is 0 Å². The van der Waals surface area contributed by atoms with E-state index in [9.17, 15) is 0 Å². The zero-order chi connectivity index (χ0) is 16.8. The van der Waals surface area contributed by atoms with Crippen LogP contribution in [0.15, 0.2) is 40.8 Å². The molecule has 0 bridgehead atoms. The van der Waals surface area contributed by atoms with E-state index in [1.165, 1.54) is 5.56 Å². The van der Waals surface area contributed by atoms with Gasteiger partial charge in [-0.15, -0.1) is 0 Å². The van der Waals surface area contributed by atoms with Crippen LogP contribution in [0.1, 0.15) is 28.7 Å². The summed E-state index contributed by atoms with van der Waals surface area (Å²) in [5.41, 5.74) is 1.86. The lowest BCUT2D eigenvalue weighted by atomic mass is 10.1. The van der Waals surface area contributed by atoms with Crippen molar-refractivity contribution in [3.63, 3.8) is 0 Å². The molecule has 1 atom stereocenters. The maximum atomic E-state index is 8.86. The number of nitrogens with zero attached hydrogens (tertiary/aromatic N) is 2. The summed E-state index contributed by atoms with van der Waals surface area (Å²) >= 11 is 0. The van der Waals surface area contributed by atoms with Crippen molar-refractivity contribution in [2.24, 2.45) is 0 Å². The summed E-state index contributed by atoms with van der Waals surface area (Å²) in [5, 5.41) is 12.4. The smallest absolute Gasteiger partial charge is 0.122 e. The number of morpholine rings is 1. The van der Waals surface area contributed by atoms with E-state index in [1.54, 1.807) is 0 Å². The third-order valence-corrected chi connectivity index (χ3v) is 4.33. The number of nitriles is 1. The molecule has 1 saturated heterocycles. The lowest BCUT2D eigenvalue weighted by Gasteiger charge is -2.33. The standard InChI is InChI=1S/C19H23N3O2/c1-15-2-7-19(24-15)18(22-8-10-23-11-9-22)14-21-13-17-5-3-16(12-20)4-6-17/h2-7,18,21H,8-11,13-14H2,1H3/t18-/m0/s1. The van der Waals surface area contributed by atoms with Crippen LogP contribution in [-0.2, 0) is 11.3 Å². The molecule has 5 heteroatoms. The SMILES string of the molecule is Cc1ccc([C@H](CNCc2ccc(C#N)cc2)N2CCOCC2)o1. The highest BCUT2D eigenvalue weighted by atomic mass is 16.5. The Bertz CT molecular complexity index is 681. The normalized spacial score (nSPS) is 16.7. The van der Waals surface area contributed by atoms with Crippen molar-refractivity contribution in [1.82, 2.24) is 10.2 Å². The molecule has 0 unspecified atom stereocenters. The molecule has 1 aliphatic rings. The minimum Gasteiger partial charge on any atom is -0.465 e. The van der Waals surface area contributed by atoms with Crippen LogP contribution in [0.5, 0.6) is 0 Å². The zero-order valence-electron chi connectivity index (χ0n) is 14.0. The van der Waals surface area contributed by atoms with Gasteiger partial charge in [-0.25, -0.2) is 0 Å². The Hall–Kier alpha value is -2.13. The molecule has 0 saturated carbocycles. The Balaban J connectivity index is 1.61. The van der Waals surface area contributed by atoms with Crippen LogP contribution in [0.3, 0.4) is 0 Å². The Morgan fingerprint density at radius 2 is 1.92 bits per heavy atom. The largest absolute Gasteiger partial charge is 0.465 e. The van der Waals surface area contributed by atoms with E-state index in [0.29, 0.717) is 5.56 Å². The highest BCUT2D eigenvalue weighted by molar-refractivity contribution is 5.31. The molecule has 0 spiro atoms. The topological polar surface area (TPSA) is 61.4 Å². The number of ether oxygens (including phenoxy) is 1. The average Bonchev–Trinajstić information content (AvgIpc) is 3.06. The molecule has 1 aliphatic heterocycles. The number of aryl methyl sites for hydroxylation is 1. The van der Waals surface area contributed by atoms with Gasteiger partial charge >= 0.3 is 0 Å². The van der Waals surface area contributed by atoms with E-state index in [-0.39, 0.29) is 6.04 Å². The van der Waals surface area contributed by atoms with Gasteiger partial charge in [-0.2, -0.15) is 5.26 Å². The maximum Gasteiger partial charge on any atom is 0.122 e. The van der Waals surface area contributed by atoms with E-state index in [0.717, 1.165) is 50.9 Å². The highest BCUT2D eigenvalue weighted by Crippen LogP contribution is 2.23. The number of furan rings is 1. The molecule has 1 N–H and O–H groups in total. The van der Waals surface area contributed by atoms with Crippen LogP contribution in [0.2, 0.25) is 0 Å². The Morgan fingerprint density at radius 1 is 1.17 bits per heavy atom. The second-order valence-electron chi connectivity index (χ2n) is 6.05. The molecular formula is C19H23N3O2. The van der Waals surface area contributed by atoms with Gasteiger partial charge < -0.3 is 14.5 Å². The Labute approximate surface area is 142 Å². The summed E-state index contributed by atoms with van der Waals surface area (Å²) < 4.78 is 11.3. The lowest BCUT2D eigenvalue weighted by Crippen LogP contribution is -2.42. The number of hydrogen-bond donors (Lipinski definition) is 1.